The van der Waals surface area contributed by atoms with Gasteiger partial charge in [-0.1, -0.05) is 24.3 Å². The molecule has 0 aliphatic heterocycles. The van der Waals surface area contributed by atoms with Gasteiger partial charge in [0, 0.05) is 6.54 Å². The number of halogens is 3. The summed E-state index contributed by atoms with van der Waals surface area (Å²) in [6, 6.07) is 12.3. The zero-order chi connectivity index (χ0) is 17.4. The van der Waals surface area contributed by atoms with Gasteiger partial charge in [-0.25, -0.2) is 4.39 Å². The quantitative estimate of drug-likeness (QED) is 0.777. The molecule has 2 aromatic carbocycles. The summed E-state index contributed by atoms with van der Waals surface area (Å²) in [5.41, 5.74) is 1.14. The van der Waals surface area contributed by atoms with E-state index in [1.807, 2.05) is 0 Å². The summed E-state index contributed by atoms with van der Waals surface area (Å²) < 4.78 is 41.7. The maximum Gasteiger partial charge on any atom is 0.387 e. The molecule has 0 aliphatic carbocycles. The molecule has 0 spiro atoms. The minimum absolute atomic E-state index is 0.0396. The fourth-order valence-corrected chi connectivity index (χ4v) is 2.03. The maximum atomic E-state index is 13.4. The van der Waals surface area contributed by atoms with Gasteiger partial charge in [0.25, 0.3) is 0 Å². The molecule has 0 fully saturated rings. The molecule has 4 nitrogen and oxygen atoms in total. The second-order valence-electron chi connectivity index (χ2n) is 4.96. The standard InChI is InChI=1S/C17H17F3N2O2/c18-14-3-1-2-4-15(14)22-11-16(23)21-10-9-12-5-7-13(8-6-12)24-17(19)20/h1-8,17,22H,9-11H2,(H,21,23). The van der Waals surface area contributed by atoms with Crippen LogP contribution in [0.25, 0.3) is 0 Å². The molecule has 2 rings (SSSR count). The highest BCUT2D eigenvalue weighted by atomic mass is 19.3. The summed E-state index contributed by atoms with van der Waals surface area (Å²) in [5, 5.41) is 5.40. The molecular formula is C17H17F3N2O2. The fraction of sp³-hybridized carbons (Fsp3) is 0.235. The van der Waals surface area contributed by atoms with Gasteiger partial charge in [0.15, 0.2) is 0 Å². The van der Waals surface area contributed by atoms with Crippen molar-refractivity contribution in [2.75, 3.05) is 18.4 Å². The van der Waals surface area contributed by atoms with E-state index < -0.39 is 12.4 Å². The highest BCUT2D eigenvalue weighted by molar-refractivity contribution is 5.80. The number of ether oxygens (including phenoxy) is 1. The lowest BCUT2D eigenvalue weighted by Crippen LogP contribution is -2.31. The number of anilines is 1. The average molecular weight is 338 g/mol. The smallest absolute Gasteiger partial charge is 0.387 e. The Kier molecular flexibility index (Phi) is 6.48. The van der Waals surface area contributed by atoms with Crippen molar-refractivity contribution < 1.29 is 22.7 Å². The third kappa shape index (κ3) is 5.83. The second kappa shape index (κ2) is 8.81. The fourth-order valence-electron chi connectivity index (χ4n) is 2.03. The number of nitrogens with one attached hydrogen (secondary N) is 2. The van der Waals surface area contributed by atoms with Crippen molar-refractivity contribution in [2.45, 2.75) is 13.0 Å². The summed E-state index contributed by atoms with van der Waals surface area (Å²) in [6.07, 6.45) is 0.542. The summed E-state index contributed by atoms with van der Waals surface area (Å²) in [6.45, 7) is -2.51. The van der Waals surface area contributed by atoms with Crippen LogP contribution < -0.4 is 15.4 Å². The highest BCUT2D eigenvalue weighted by Crippen LogP contribution is 2.15. The van der Waals surface area contributed by atoms with Gasteiger partial charge in [0.05, 0.1) is 12.2 Å². The topological polar surface area (TPSA) is 50.4 Å². The van der Waals surface area contributed by atoms with Crippen molar-refractivity contribution in [2.24, 2.45) is 0 Å². The number of amides is 1. The van der Waals surface area contributed by atoms with Crippen LogP contribution in [0.4, 0.5) is 18.9 Å². The van der Waals surface area contributed by atoms with E-state index in [0.717, 1.165) is 5.56 Å². The van der Waals surface area contributed by atoms with Crippen LogP contribution in [0.3, 0.4) is 0 Å². The predicted molar refractivity (Wildman–Crippen MR) is 84.7 cm³/mol. The van der Waals surface area contributed by atoms with Crippen LogP contribution in [0.15, 0.2) is 48.5 Å². The number of para-hydroxylation sites is 1. The molecule has 0 unspecified atom stereocenters. The van der Waals surface area contributed by atoms with Crippen LogP contribution >= 0.6 is 0 Å². The summed E-state index contributed by atoms with van der Waals surface area (Å²) in [5.74, 6) is -0.598. The van der Waals surface area contributed by atoms with Crippen molar-refractivity contribution in [1.82, 2.24) is 5.32 Å². The van der Waals surface area contributed by atoms with Gasteiger partial charge in [-0.2, -0.15) is 8.78 Å². The van der Waals surface area contributed by atoms with E-state index in [1.54, 1.807) is 30.3 Å². The Labute approximate surface area is 137 Å². The van der Waals surface area contributed by atoms with E-state index in [-0.39, 0.29) is 23.9 Å². The lowest BCUT2D eigenvalue weighted by Gasteiger charge is -2.09. The first-order valence-electron chi connectivity index (χ1n) is 7.33. The minimum Gasteiger partial charge on any atom is -0.435 e. The van der Waals surface area contributed by atoms with E-state index in [2.05, 4.69) is 15.4 Å². The highest BCUT2D eigenvalue weighted by Gasteiger charge is 2.05. The van der Waals surface area contributed by atoms with Crippen molar-refractivity contribution in [3.8, 4) is 5.75 Å². The molecule has 2 aromatic rings. The molecular weight excluding hydrogens is 321 g/mol. The molecule has 0 aliphatic rings. The Balaban J connectivity index is 1.70. The van der Waals surface area contributed by atoms with Gasteiger partial charge in [0.2, 0.25) is 5.91 Å². The Bertz CT molecular complexity index is 663. The Morgan fingerprint density at radius 1 is 1.08 bits per heavy atom. The lowest BCUT2D eigenvalue weighted by molar-refractivity contribution is -0.119. The number of hydrogen-bond donors (Lipinski definition) is 2. The van der Waals surface area contributed by atoms with Crippen LogP contribution in [0.1, 0.15) is 5.56 Å². The van der Waals surface area contributed by atoms with Gasteiger partial charge in [0.1, 0.15) is 11.6 Å². The van der Waals surface area contributed by atoms with Crippen molar-refractivity contribution in [3.63, 3.8) is 0 Å². The lowest BCUT2D eigenvalue weighted by atomic mass is 10.1. The van der Waals surface area contributed by atoms with E-state index in [1.165, 1.54) is 18.2 Å². The molecule has 7 heteroatoms. The van der Waals surface area contributed by atoms with Gasteiger partial charge in [-0.3, -0.25) is 4.79 Å². The Morgan fingerprint density at radius 2 is 1.79 bits per heavy atom. The van der Waals surface area contributed by atoms with Gasteiger partial charge < -0.3 is 15.4 Å². The van der Waals surface area contributed by atoms with Crippen LogP contribution in [0, 0.1) is 5.82 Å². The maximum absolute atomic E-state index is 13.4. The van der Waals surface area contributed by atoms with Crippen LogP contribution in [0.2, 0.25) is 0 Å². The number of hydrogen-bond acceptors (Lipinski definition) is 3. The normalized spacial score (nSPS) is 10.5. The molecule has 2 N–H and O–H groups in total. The van der Waals surface area contributed by atoms with Crippen LogP contribution in [0.5, 0.6) is 5.75 Å². The molecule has 24 heavy (non-hydrogen) atoms. The molecule has 0 radical (unpaired) electrons. The summed E-state index contributed by atoms with van der Waals surface area (Å²) >= 11 is 0. The monoisotopic (exact) mass is 338 g/mol. The molecule has 0 aromatic heterocycles. The van der Waals surface area contributed by atoms with Crippen LogP contribution in [-0.4, -0.2) is 25.6 Å². The SMILES string of the molecule is O=C(CNc1ccccc1F)NCCc1ccc(OC(F)F)cc1. The first kappa shape index (κ1) is 17.7. The molecule has 0 atom stereocenters. The minimum atomic E-state index is -2.85. The number of rotatable bonds is 8. The largest absolute Gasteiger partial charge is 0.435 e. The zero-order valence-electron chi connectivity index (χ0n) is 12.8. The summed E-state index contributed by atoms with van der Waals surface area (Å²) in [7, 11) is 0. The third-order valence-electron chi connectivity index (χ3n) is 3.20. The van der Waals surface area contributed by atoms with Crippen molar-refractivity contribution in [3.05, 3.63) is 59.9 Å². The number of benzene rings is 2. The molecule has 0 saturated heterocycles. The number of carbonyl (C=O) groups excluding carboxylic acids is 1. The molecule has 1 amide bonds. The van der Waals surface area contributed by atoms with Gasteiger partial charge in [-0.05, 0) is 36.2 Å². The third-order valence-corrected chi connectivity index (χ3v) is 3.20. The van der Waals surface area contributed by atoms with Crippen molar-refractivity contribution >= 4 is 11.6 Å². The van der Waals surface area contributed by atoms with E-state index >= 15 is 0 Å². The first-order chi connectivity index (χ1) is 11.5. The van der Waals surface area contributed by atoms with Gasteiger partial charge >= 0.3 is 6.61 Å². The van der Waals surface area contributed by atoms with E-state index in [0.29, 0.717) is 13.0 Å². The number of carbonyl (C=O) groups is 1. The molecule has 0 saturated carbocycles. The Hall–Kier alpha value is -2.70. The predicted octanol–water partition coefficient (Wildman–Crippen LogP) is 3.20. The van der Waals surface area contributed by atoms with E-state index in [9.17, 15) is 18.0 Å². The Morgan fingerprint density at radius 3 is 2.46 bits per heavy atom. The zero-order valence-corrected chi connectivity index (χ0v) is 12.8. The molecule has 128 valence electrons. The summed E-state index contributed by atoms with van der Waals surface area (Å²) in [4.78, 5) is 11.7. The van der Waals surface area contributed by atoms with E-state index in [4.69, 9.17) is 0 Å². The van der Waals surface area contributed by atoms with Crippen LogP contribution in [-0.2, 0) is 11.2 Å². The average Bonchev–Trinajstić information content (AvgIpc) is 2.55. The second-order valence-corrected chi connectivity index (χ2v) is 4.96. The van der Waals surface area contributed by atoms with Gasteiger partial charge in [-0.15, -0.1) is 0 Å². The number of alkyl halides is 2. The molecule has 0 bridgehead atoms. The molecule has 0 heterocycles. The van der Waals surface area contributed by atoms with Crippen molar-refractivity contribution in [1.29, 1.82) is 0 Å². The first-order valence-corrected chi connectivity index (χ1v) is 7.33.